The van der Waals surface area contributed by atoms with Gasteiger partial charge >= 0.3 is 0 Å². The summed E-state index contributed by atoms with van der Waals surface area (Å²) < 4.78 is 50.5. The minimum absolute atomic E-state index is 0.0914. The van der Waals surface area contributed by atoms with E-state index in [0.717, 1.165) is 37.9 Å². The molecule has 1 aromatic carbocycles. The molecule has 8 nitrogen and oxygen atoms in total. The lowest BCUT2D eigenvalue weighted by Gasteiger charge is -2.37. The number of carbonyl (C=O) groups excluding carboxylic acids is 1. The Morgan fingerprint density at radius 1 is 0.938 bits per heavy atom. The molecular weight excluding hydrogens is 450 g/mol. The van der Waals surface area contributed by atoms with Gasteiger partial charge in [-0.15, -0.1) is 0 Å². The average Bonchev–Trinajstić information content (AvgIpc) is 3.18. The summed E-state index contributed by atoms with van der Waals surface area (Å²) in [5.41, 5.74) is 0.950. The number of hydrogen-bond acceptors (Lipinski definition) is 6. The Morgan fingerprint density at radius 3 is 2.19 bits per heavy atom. The van der Waals surface area contributed by atoms with Gasteiger partial charge in [0, 0.05) is 51.7 Å². The molecule has 3 aliphatic rings. The van der Waals surface area contributed by atoms with Crippen molar-refractivity contribution >= 4 is 25.8 Å². The highest BCUT2D eigenvalue weighted by atomic mass is 32.2. The van der Waals surface area contributed by atoms with Crippen molar-refractivity contribution in [3.63, 3.8) is 0 Å². The van der Waals surface area contributed by atoms with E-state index in [1.165, 1.54) is 0 Å². The van der Waals surface area contributed by atoms with Gasteiger partial charge in [-0.2, -0.15) is 4.31 Å². The van der Waals surface area contributed by atoms with Crippen molar-refractivity contribution in [2.45, 2.75) is 49.5 Å². The van der Waals surface area contributed by atoms with Crippen LogP contribution in [0.4, 0.5) is 0 Å². The maximum atomic E-state index is 12.8. The third-order valence-electron chi connectivity index (χ3n) is 6.90. The van der Waals surface area contributed by atoms with Gasteiger partial charge in [0.1, 0.15) is 0 Å². The van der Waals surface area contributed by atoms with E-state index >= 15 is 0 Å². The van der Waals surface area contributed by atoms with E-state index in [0.29, 0.717) is 50.3 Å². The quantitative estimate of drug-likeness (QED) is 0.602. The first-order valence-electron chi connectivity index (χ1n) is 11.6. The van der Waals surface area contributed by atoms with Crippen LogP contribution in [0, 0.1) is 0 Å². The molecule has 0 aromatic heterocycles. The van der Waals surface area contributed by atoms with E-state index in [1.807, 2.05) is 17.0 Å². The van der Waals surface area contributed by atoms with Gasteiger partial charge in [0.15, 0.2) is 9.84 Å². The lowest BCUT2D eigenvalue weighted by atomic mass is 10.1. The van der Waals surface area contributed by atoms with Crippen LogP contribution in [0.1, 0.15) is 37.7 Å². The molecule has 0 radical (unpaired) electrons. The maximum absolute atomic E-state index is 12.8. The Bertz CT molecular complexity index is 1010. The lowest BCUT2D eigenvalue weighted by Crippen LogP contribution is -2.52. The number of piperidine rings is 1. The largest absolute Gasteiger partial charge is 0.340 e. The van der Waals surface area contributed by atoms with Crippen LogP contribution in [0.15, 0.2) is 29.2 Å². The summed E-state index contributed by atoms with van der Waals surface area (Å²) >= 11 is 0. The molecule has 178 valence electrons. The third kappa shape index (κ3) is 5.52. The number of sulfone groups is 1. The number of aryl methyl sites for hydroxylation is 1. The van der Waals surface area contributed by atoms with Gasteiger partial charge in [0.25, 0.3) is 0 Å². The zero-order valence-electron chi connectivity index (χ0n) is 18.5. The van der Waals surface area contributed by atoms with Gasteiger partial charge in [-0.25, -0.2) is 16.8 Å². The van der Waals surface area contributed by atoms with Crippen LogP contribution in [0.3, 0.4) is 0 Å². The highest BCUT2D eigenvalue weighted by Gasteiger charge is 2.34. The second-order valence-corrected chi connectivity index (χ2v) is 13.2. The van der Waals surface area contributed by atoms with Gasteiger partial charge < -0.3 is 4.90 Å². The Kier molecular flexibility index (Phi) is 7.24. The first kappa shape index (κ1) is 23.7. The van der Waals surface area contributed by atoms with Gasteiger partial charge in [-0.3, -0.25) is 9.69 Å². The average molecular weight is 484 g/mol. The van der Waals surface area contributed by atoms with Crippen molar-refractivity contribution < 1.29 is 21.6 Å². The van der Waals surface area contributed by atoms with Crippen molar-refractivity contribution in [1.29, 1.82) is 0 Å². The molecule has 0 bridgehead atoms. The smallest absolute Gasteiger partial charge is 0.243 e. The number of rotatable bonds is 6. The fourth-order valence-electron chi connectivity index (χ4n) is 4.89. The number of carbonyl (C=O) groups is 1. The van der Waals surface area contributed by atoms with E-state index in [4.69, 9.17) is 0 Å². The SMILES string of the molecule is O=C(CCc1ccc(S(=O)(=O)N2CCCCC2)cc1)N1CCN(C2CCS(=O)(=O)C2)CC1. The van der Waals surface area contributed by atoms with Crippen LogP contribution in [-0.2, 0) is 31.1 Å². The Morgan fingerprint density at radius 2 is 1.59 bits per heavy atom. The predicted octanol–water partition coefficient (Wildman–Crippen LogP) is 1.13. The van der Waals surface area contributed by atoms with Crippen molar-refractivity contribution in [3.05, 3.63) is 29.8 Å². The summed E-state index contributed by atoms with van der Waals surface area (Å²) in [6.45, 7) is 3.86. The van der Waals surface area contributed by atoms with Crippen LogP contribution < -0.4 is 0 Å². The summed E-state index contributed by atoms with van der Waals surface area (Å²) in [6.07, 6.45) is 4.55. The van der Waals surface area contributed by atoms with Crippen molar-refractivity contribution in [2.75, 3.05) is 50.8 Å². The third-order valence-corrected chi connectivity index (χ3v) is 10.6. The lowest BCUT2D eigenvalue weighted by molar-refractivity contribution is -0.133. The molecule has 1 aromatic rings. The summed E-state index contributed by atoms with van der Waals surface area (Å²) in [4.78, 5) is 17.0. The Balaban J connectivity index is 1.25. The minimum atomic E-state index is -3.43. The Labute approximate surface area is 191 Å². The minimum Gasteiger partial charge on any atom is -0.340 e. The standard InChI is InChI=1S/C22H33N3O5S2/c26-22(24-15-13-23(14-16-24)20-10-17-31(27,28)18-20)9-6-19-4-7-21(8-5-19)32(29,30)25-11-2-1-3-12-25/h4-5,7-8,20H,1-3,6,9-18H2. The number of hydrogen-bond donors (Lipinski definition) is 0. The van der Waals surface area contributed by atoms with Gasteiger partial charge in [-0.05, 0) is 43.4 Å². The molecule has 1 atom stereocenters. The molecule has 32 heavy (non-hydrogen) atoms. The molecule has 4 rings (SSSR count). The number of benzene rings is 1. The van der Waals surface area contributed by atoms with Crippen molar-refractivity contribution in [1.82, 2.24) is 14.1 Å². The first-order chi connectivity index (χ1) is 15.2. The zero-order chi connectivity index (χ0) is 22.8. The van der Waals surface area contributed by atoms with Crippen LogP contribution in [0.2, 0.25) is 0 Å². The monoisotopic (exact) mass is 483 g/mol. The molecular formula is C22H33N3O5S2. The number of nitrogens with zero attached hydrogens (tertiary/aromatic N) is 3. The van der Waals surface area contributed by atoms with E-state index in [1.54, 1.807) is 16.4 Å². The van der Waals surface area contributed by atoms with E-state index in [2.05, 4.69) is 4.90 Å². The molecule has 1 unspecified atom stereocenters. The highest BCUT2D eigenvalue weighted by molar-refractivity contribution is 7.91. The summed E-state index contributed by atoms with van der Waals surface area (Å²) in [5.74, 6) is 0.605. The number of sulfonamides is 1. The second kappa shape index (κ2) is 9.79. The van der Waals surface area contributed by atoms with Crippen LogP contribution >= 0.6 is 0 Å². The molecule has 0 spiro atoms. The fourth-order valence-corrected chi connectivity index (χ4v) is 8.17. The van der Waals surface area contributed by atoms with Crippen molar-refractivity contribution in [2.24, 2.45) is 0 Å². The molecule has 3 saturated heterocycles. The highest BCUT2D eigenvalue weighted by Crippen LogP contribution is 2.22. The summed E-state index contributed by atoms with van der Waals surface area (Å²) in [6, 6.07) is 7.01. The van der Waals surface area contributed by atoms with Crippen LogP contribution in [0.25, 0.3) is 0 Å². The molecule has 3 fully saturated rings. The topological polar surface area (TPSA) is 95.1 Å². The van der Waals surface area contributed by atoms with E-state index in [-0.39, 0.29) is 23.5 Å². The Hall–Kier alpha value is -1.49. The first-order valence-corrected chi connectivity index (χ1v) is 14.8. The molecule has 10 heteroatoms. The molecule has 0 N–H and O–H groups in total. The predicted molar refractivity (Wildman–Crippen MR) is 123 cm³/mol. The molecule has 3 aliphatic heterocycles. The fraction of sp³-hybridized carbons (Fsp3) is 0.682. The summed E-state index contributed by atoms with van der Waals surface area (Å²) in [7, 11) is -6.33. The van der Waals surface area contributed by atoms with Crippen LogP contribution in [-0.4, -0.2) is 93.7 Å². The van der Waals surface area contributed by atoms with Crippen molar-refractivity contribution in [3.8, 4) is 0 Å². The number of piperazine rings is 1. The molecule has 0 aliphatic carbocycles. The van der Waals surface area contributed by atoms with Gasteiger partial charge in [0.05, 0.1) is 16.4 Å². The molecule has 0 saturated carbocycles. The van der Waals surface area contributed by atoms with Gasteiger partial charge in [-0.1, -0.05) is 18.6 Å². The van der Waals surface area contributed by atoms with Crippen LogP contribution in [0.5, 0.6) is 0 Å². The second-order valence-electron chi connectivity index (χ2n) is 9.08. The summed E-state index contributed by atoms with van der Waals surface area (Å²) in [5, 5.41) is 0. The zero-order valence-corrected chi connectivity index (χ0v) is 20.1. The van der Waals surface area contributed by atoms with E-state index < -0.39 is 19.9 Å². The molecule has 3 heterocycles. The maximum Gasteiger partial charge on any atom is 0.243 e. The number of amides is 1. The normalized spacial score (nSPS) is 25.1. The van der Waals surface area contributed by atoms with Gasteiger partial charge in [0.2, 0.25) is 15.9 Å². The van der Waals surface area contributed by atoms with E-state index in [9.17, 15) is 21.6 Å². The molecule has 1 amide bonds.